The zero-order valence-corrected chi connectivity index (χ0v) is 6.11. The molecule has 2 radical (unpaired) electrons. The first-order valence-electron chi connectivity index (χ1n) is 3.37. The molecule has 0 atom stereocenters. The van der Waals surface area contributed by atoms with Gasteiger partial charge < -0.3 is 0 Å². The number of nitrogens with zero attached hydrogens (tertiary/aromatic N) is 2. The highest BCUT2D eigenvalue weighted by molar-refractivity contribution is 6.36. The van der Waals surface area contributed by atoms with E-state index in [9.17, 15) is 4.91 Å². The molecule has 1 heterocycles. The van der Waals surface area contributed by atoms with Crippen molar-refractivity contribution in [1.82, 2.24) is 10.2 Å². The summed E-state index contributed by atoms with van der Waals surface area (Å²) < 4.78 is 0. The van der Waals surface area contributed by atoms with Gasteiger partial charge in [-0.1, -0.05) is 5.46 Å². The largest absolute Gasteiger partial charge is 0.278 e. The molecule has 0 aliphatic carbocycles. The first kappa shape index (κ1) is 7.03. The van der Waals surface area contributed by atoms with Crippen LogP contribution in [0.25, 0.3) is 10.9 Å². The molecule has 2 aromatic rings. The summed E-state index contributed by atoms with van der Waals surface area (Å²) in [5.41, 5.74) is 1.42. The van der Waals surface area contributed by atoms with Crippen molar-refractivity contribution in [2.45, 2.75) is 0 Å². The number of hydrogen-bond donors (Lipinski definition) is 1. The van der Waals surface area contributed by atoms with Crippen LogP contribution in [-0.2, 0) is 0 Å². The smallest absolute Gasteiger partial charge is 0.117 e. The summed E-state index contributed by atoms with van der Waals surface area (Å²) in [6, 6.07) is 3.24. The molecule has 12 heavy (non-hydrogen) atoms. The monoisotopic (exact) mass is 157 g/mol. The van der Waals surface area contributed by atoms with E-state index in [4.69, 9.17) is 7.85 Å². The van der Waals surface area contributed by atoms with Gasteiger partial charge >= 0.3 is 0 Å². The Morgan fingerprint density at radius 2 is 2.33 bits per heavy atom. The van der Waals surface area contributed by atoms with Gasteiger partial charge in [0.05, 0.1) is 11.7 Å². The summed E-state index contributed by atoms with van der Waals surface area (Å²) in [5, 5.41) is 10.1. The Hall–Kier alpha value is -1.65. The second kappa shape index (κ2) is 2.44. The minimum absolute atomic E-state index is 0.254. The van der Waals surface area contributed by atoms with Gasteiger partial charge in [-0.05, 0) is 17.3 Å². The molecule has 0 spiro atoms. The lowest BCUT2D eigenvalue weighted by Gasteiger charge is -1.95. The molecule has 56 valence electrons. The zero-order valence-electron chi connectivity index (χ0n) is 6.11. The van der Waals surface area contributed by atoms with E-state index in [1.54, 1.807) is 18.3 Å². The molecular weight excluding hydrogens is 153 g/mol. The van der Waals surface area contributed by atoms with E-state index in [2.05, 4.69) is 15.4 Å². The molecule has 5 heteroatoms. The van der Waals surface area contributed by atoms with Crippen molar-refractivity contribution in [2.24, 2.45) is 5.18 Å². The van der Waals surface area contributed by atoms with E-state index < -0.39 is 0 Å². The van der Waals surface area contributed by atoms with Crippen molar-refractivity contribution in [3.8, 4) is 0 Å². The Kier molecular flexibility index (Phi) is 1.43. The van der Waals surface area contributed by atoms with Gasteiger partial charge in [-0.2, -0.15) is 5.10 Å². The van der Waals surface area contributed by atoms with Crippen molar-refractivity contribution in [3.05, 3.63) is 23.2 Å². The number of nitroso groups, excluding NO2 is 1. The molecule has 4 nitrogen and oxygen atoms in total. The summed E-state index contributed by atoms with van der Waals surface area (Å²) in [6.07, 6.45) is 1.61. The number of H-pyrrole nitrogens is 1. The second-order valence-electron chi connectivity index (χ2n) is 2.46. The fourth-order valence-electron chi connectivity index (χ4n) is 1.08. The summed E-state index contributed by atoms with van der Waals surface area (Å²) in [6.45, 7) is 0. The zero-order chi connectivity index (χ0) is 8.55. The van der Waals surface area contributed by atoms with E-state index >= 15 is 0 Å². The van der Waals surface area contributed by atoms with E-state index in [1.807, 2.05) is 0 Å². The third-order valence-corrected chi connectivity index (χ3v) is 1.69. The topological polar surface area (TPSA) is 58.1 Å². The maximum absolute atomic E-state index is 10.2. The van der Waals surface area contributed by atoms with Crippen LogP contribution in [0.15, 0.2) is 23.5 Å². The molecule has 0 saturated heterocycles. The van der Waals surface area contributed by atoms with Crippen LogP contribution in [0, 0.1) is 4.91 Å². The number of aromatic amines is 1. The van der Waals surface area contributed by atoms with Crippen LogP contribution in [0.3, 0.4) is 0 Å². The lowest BCUT2D eigenvalue weighted by Crippen LogP contribution is -2.01. The highest BCUT2D eigenvalue weighted by Crippen LogP contribution is 2.15. The van der Waals surface area contributed by atoms with E-state index in [1.165, 1.54) is 0 Å². The Morgan fingerprint density at radius 3 is 3.08 bits per heavy atom. The maximum Gasteiger partial charge on any atom is 0.117 e. The second-order valence-corrected chi connectivity index (χ2v) is 2.46. The lowest BCUT2D eigenvalue weighted by molar-refractivity contribution is 1.12. The van der Waals surface area contributed by atoms with Crippen LogP contribution in [0.5, 0.6) is 0 Å². The summed E-state index contributed by atoms with van der Waals surface area (Å²) in [5.74, 6) is 0. The molecule has 0 bridgehead atoms. The Morgan fingerprint density at radius 1 is 1.50 bits per heavy atom. The molecule has 0 unspecified atom stereocenters. The lowest BCUT2D eigenvalue weighted by atomic mass is 9.93. The summed E-state index contributed by atoms with van der Waals surface area (Å²) >= 11 is 0. The first-order chi connectivity index (χ1) is 5.81. The van der Waals surface area contributed by atoms with Gasteiger partial charge in [-0.3, -0.25) is 5.10 Å². The highest BCUT2D eigenvalue weighted by atomic mass is 16.3. The molecule has 0 fully saturated rings. The molecule has 0 aliphatic rings. The molecule has 0 saturated carbocycles. The predicted octanol–water partition coefficient (Wildman–Crippen LogP) is 0.755. The molecule has 1 N–H and O–H groups in total. The van der Waals surface area contributed by atoms with Crippen LogP contribution in [0.4, 0.5) is 5.69 Å². The summed E-state index contributed by atoms with van der Waals surface area (Å²) in [7, 11) is 5.51. The molecule has 2 rings (SSSR count). The Bertz CT molecular complexity index is 437. The summed E-state index contributed by atoms with van der Waals surface area (Å²) in [4.78, 5) is 10.2. The fraction of sp³-hybridized carbons (Fsp3) is 0. The Labute approximate surface area is 69.4 Å². The number of rotatable bonds is 1. The van der Waals surface area contributed by atoms with E-state index in [0.29, 0.717) is 5.46 Å². The van der Waals surface area contributed by atoms with Gasteiger partial charge in [0.1, 0.15) is 13.5 Å². The standard InChI is InChI=1S/C7H4BN3O/c8-5-2-6-4(3-9-10-6)1-7(5)11-12/h1-3H,(H,9,10). The van der Waals surface area contributed by atoms with Gasteiger partial charge in [0.15, 0.2) is 0 Å². The highest BCUT2D eigenvalue weighted by Gasteiger charge is 2.01. The van der Waals surface area contributed by atoms with Crippen LogP contribution in [-0.4, -0.2) is 18.0 Å². The molecule has 0 amide bonds. The first-order valence-corrected chi connectivity index (χ1v) is 3.37. The normalized spacial score (nSPS) is 10.3. The quantitative estimate of drug-likeness (QED) is 0.490. The fourth-order valence-corrected chi connectivity index (χ4v) is 1.08. The third-order valence-electron chi connectivity index (χ3n) is 1.69. The van der Waals surface area contributed by atoms with Gasteiger partial charge in [0.2, 0.25) is 0 Å². The average molecular weight is 157 g/mol. The van der Waals surface area contributed by atoms with Crippen molar-refractivity contribution >= 4 is 29.9 Å². The molecular formula is C7H4BN3O. The number of benzene rings is 1. The minimum Gasteiger partial charge on any atom is -0.278 e. The van der Waals surface area contributed by atoms with Gasteiger partial charge in [0.25, 0.3) is 0 Å². The minimum atomic E-state index is 0.254. The number of aromatic nitrogens is 2. The average Bonchev–Trinajstić information content (AvgIpc) is 2.49. The van der Waals surface area contributed by atoms with Crippen molar-refractivity contribution in [1.29, 1.82) is 0 Å². The molecule has 0 aliphatic heterocycles. The van der Waals surface area contributed by atoms with Crippen LogP contribution in [0.2, 0.25) is 0 Å². The van der Waals surface area contributed by atoms with E-state index in [0.717, 1.165) is 10.9 Å². The predicted molar refractivity (Wildman–Crippen MR) is 46.9 cm³/mol. The van der Waals surface area contributed by atoms with Crippen LogP contribution < -0.4 is 5.46 Å². The van der Waals surface area contributed by atoms with Gasteiger partial charge in [-0.15, -0.1) is 4.91 Å². The SMILES string of the molecule is [B]c1cc2[nH]ncc2cc1N=O. The van der Waals surface area contributed by atoms with Gasteiger partial charge in [-0.25, -0.2) is 0 Å². The van der Waals surface area contributed by atoms with Crippen LogP contribution >= 0.6 is 0 Å². The number of fused-ring (bicyclic) bond motifs is 1. The molecule has 1 aromatic heterocycles. The Balaban J connectivity index is 2.81. The number of nitrogens with one attached hydrogen (secondary N) is 1. The third kappa shape index (κ3) is 0.904. The maximum atomic E-state index is 10.2. The van der Waals surface area contributed by atoms with Gasteiger partial charge in [0, 0.05) is 5.39 Å². The van der Waals surface area contributed by atoms with Crippen molar-refractivity contribution in [2.75, 3.05) is 0 Å². The van der Waals surface area contributed by atoms with Crippen molar-refractivity contribution < 1.29 is 0 Å². The van der Waals surface area contributed by atoms with Crippen LogP contribution in [0.1, 0.15) is 0 Å². The van der Waals surface area contributed by atoms with Crippen molar-refractivity contribution in [3.63, 3.8) is 0 Å². The number of hydrogen-bond acceptors (Lipinski definition) is 3. The molecule has 1 aromatic carbocycles. The van der Waals surface area contributed by atoms with E-state index in [-0.39, 0.29) is 5.69 Å².